The second kappa shape index (κ2) is 6.67. The van der Waals surface area contributed by atoms with Gasteiger partial charge in [0.1, 0.15) is 6.10 Å². The van der Waals surface area contributed by atoms with E-state index in [1.165, 1.54) is 5.56 Å². The maximum absolute atomic E-state index is 12.0. The molecule has 2 aromatic rings. The van der Waals surface area contributed by atoms with Crippen molar-refractivity contribution in [3.05, 3.63) is 66.2 Å². The van der Waals surface area contributed by atoms with Gasteiger partial charge in [0.05, 0.1) is 0 Å². The van der Waals surface area contributed by atoms with Gasteiger partial charge in [0.15, 0.2) is 5.72 Å². The van der Waals surface area contributed by atoms with Crippen LogP contribution in [0.3, 0.4) is 0 Å². The fourth-order valence-electron chi connectivity index (χ4n) is 3.72. The summed E-state index contributed by atoms with van der Waals surface area (Å²) in [5.41, 5.74) is 1.61. The maximum atomic E-state index is 12.0. The predicted molar refractivity (Wildman–Crippen MR) is 94.4 cm³/mol. The monoisotopic (exact) mass is 343 g/mol. The highest BCUT2D eigenvalue weighted by molar-refractivity contribution is 7.75. The standard InChI is InChI=1S/C19H21NO3S/c21-24-22-18-13-7-8-14-19(18,23-24)20(17-11-5-2-6-12-17)15-16-9-3-1-4-10-16/h1-6,9-12,18H,7-8,13-15H2. The lowest BCUT2D eigenvalue weighted by atomic mass is 9.87. The molecule has 5 heteroatoms. The van der Waals surface area contributed by atoms with Crippen molar-refractivity contribution in [3.63, 3.8) is 0 Å². The molecule has 0 spiro atoms. The molecular formula is C19H21NO3S. The third kappa shape index (κ3) is 2.88. The van der Waals surface area contributed by atoms with Gasteiger partial charge in [-0.3, -0.25) is 4.18 Å². The van der Waals surface area contributed by atoms with Crippen LogP contribution in [0.2, 0.25) is 0 Å². The third-order valence-electron chi connectivity index (χ3n) is 4.87. The number of fused-ring (bicyclic) bond motifs is 1. The molecule has 2 fully saturated rings. The summed E-state index contributed by atoms with van der Waals surface area (Å²) in [5.74, 6) is 0. The maximum Gasteiger partial charge on any atom is 0.307 e. The minimum atomic E-state index is -1.68. The molecule has 1 saturated heterocycles. The van der Waals surface area contributed by atoms with E-state index in [-0.39, 0.29) is 6.10 Å². The van der Waals surface area contributed by atoms with Gasteiger partial charge in [-0.2, -0.15) is 4.21 Å². The molecule has 1 aliphatic carbocycles. The van der Waals surface area contributed by atoms with Gasteiger partial charge in [-0.05, 0) is 37.0 Å². The topological polar surface area (TPSA) is 38.8 Å². The van der Waals surface area contributed by atoms with Gasteiger partial charge < -0.3 is 4.90 Å². The van der Waals surface area contributed by atoms with E-state index in [0.29, 0.717) is 6.54 Å². The number of nitrogens with zero attached hydrogens (tertiary/aromatic N) is 1. The van der Waals surface area contributed by atoms with Crippen LogP contribution in [0.15, 0.2) is 60.7 Å². The summed E-state index contributed by atoms with van der Waals surface area (Å²) in [6, 6.07) is 20.5. The Labute approximate surface area is 145 Å². The molecule has 1 heterocycles. The van der Waals surface area contributed by atoms with Crippen molar-refractivity contribution >= 4 is 17.0 Å². The Hall–Kier alpha value is -1.69. The molecule has 0 amide bonds. The van der Waals surface area contributed by atoms with Gasteiger partial charge in [-0.1, -0.05) is 55.0 Å². The first-order valence-corrected chi connectivity index (χ1v) is 9.43. The normalized spacial score (nSPS) is 29.2. The summed E-state index contributed by atoms with van der Waals surface area (Å²) in [6.45, 7) is 0.696. The van der Waals surface area contributed by atoms with E-state index < -0.39 is 17.1 Å². The number of hydrogen-bond donors (Lipinski definition) is 0. The quantitative estimate of drug-likeness (QED) is 0.842. The van der Waals surface area contributed by atoms with Crippen LogP contribution in [0.25, 0.3) is 0 Å². The van der Waals surface area contributed by atoms with Crippen LogP contribution in [0.1, 0.15) is 31.2 Å². The Morgan fingerprint density at radius 3 is 2.50 bits per heavy atom. The first kappa shape index (κ1) is 15.8. The van der Waals surface area contributed by atoms with Crippen LogP contribution >= 0.6 is 0 Å². The Morgan fingerprint density at radius 2 is 1.75 bits per heavy atom. The molecule has 3 unspecified atom stereocenters. The van der Waals surface area contributed by atoms with E-state index in [2.05, 4.69) is 29.2 Å². The molecule has 0 bridgehead atoms. The lowest BCUT2D eigenvalue weighted by Crippen LogP contribution is -2.57. The Morgan fingerprint density at radius 1 is 1.04 bits per heavy atom. The second-order valence-electron chi connectivity index (χ2n) is 6.37. The molecule has 0 radical (unpaired) electrons. The zero-order valence-corrected chi connectivity index (χ0v) is 14.3. The van der Waals surface area contributed by atoms with Crippen molar-refractivity contribution < 1.29 is 12.6 Å². The number of benzene rings is 2. The molecular weight excluding hydrogens is 322 g/mol. The largest absolute Gasteiger partial charge is 0.336 e. The van der Waals surface area contributed by atoms with Crippen molar-refractivity contribution in [1.29, 1.82) is 0 Å². The molecule has 126 valence electrons. The number of anilines is 1. The van der Waals surface area contributed by atoms with Crippen molar-refractivity contribution in [3.8, 4) is 0 Å². The Kier molecular flexibility index (Phi) is 4.39. The van der Waals surface area contributed by atoms with Crippen LogP contribution in [0, 0.1) is 0 Å². The Bertz CT molecular complexity index is 709. The summed E-state index contributed by atoms with van der Waals surface area (Å²) in [5, 5.41) is 0. The smallest absolute Gasteiger partial charge is 0.307 e. The van der Waals surface area contributed by atoms with Crippen LogP contribution in [-0.4, -0.2) is 16.0 Å². The fraction of sp³-hybridized carbons (Fsp3) is 0.368. The highest BCUT2D eigenvalue weighted by Gasteiger charge is 2.55. The van der Waals surface area contributed by atoms with Crippen molar-refractivity contribution in [2.24, 2.45) is 0 Å². The van der Waals surface area contributed by atoms with Gasteiger partial charge in [0.2, 0.25) is 0 Å². The van der Waals surface area contributed by atoms with Crippen molar-refractivity contribution in [2.75, 3.05) is 4.90 Å². The van der Waals surface area contributed by atoms with E-state index in [4.69, 9.17) is 8.37 Å². The van der Waals surface area contributed by atoms with Gasteiger partial charge in [-0.15, -0.1) is 0 Å². The fourth-order valence-corrected chi connectivity index (χ4v) is 4.71. The predicted octanol–water partition coefficient (Wildman–Crippen LogP) is 3.96. The number of hydrogen-bond acceptors (Lipinski definition) is 4. The summed E-state index contributed by atoms with van der Waals surface area (Å²) in [7, 11) is 0. The van der Waals surface area contributed by atoms with Crippen molar-refractivity contribution in [1.82, 2.24) is 0 Å². The minimum absolute atomic E-state index is 0.156. The first-order chi connectivity index (χ1) is 11.8. The average molecular weight is 343 g/mol. The molecule has 2 aromatic carbocycles. The van der Waals surface area contributed by atoms with E-state index in [1.54, 1.807) is 0 Å². The molecule has 2 aliphatic rings. The molecule has 4 rings (SSSR count). The highest BCUT2D eigenvalue weighted by atomic mass is 32.2. The van der Waals surface area contributed by atoms with Crippen LogP contribution in [0.4, 0.5) is 5.69 Å². The Balaban J connectivity index is 1.75. The zero-order chi connectivity index (χ0) is 16.4. The molecule has 24 heavy (non-hydrogen) atoms. The molecule has 4 nitrogen and oxygen atoms in total. The van der Waals surface area contributed by atoms with Gasteiger partial charge in [-0.25, -0.2) is 4.18 Å². The molecule has 1 aliphatic heterocycles. The highest BCUT2D eigenvalue weighted by Crippen LogP contribution is 2.45. The van der Waals surface area contributed by atoms with E-state index in [0.717, 1.165) is 31.4 Å². The third-order valence-corrected chi connectivity index (χ3v) is 5.68. The van der Waals surface area contributed by atoms with Crippen molar-refractivity contribution in [2.45, 2.75) is 44.1 Å². The summed E-state index contributed by atoms with van der Waals surface area (Å²) >= 11 is -1.68. The van der Waals surface area contributed by atoms with Gasteiger partial charge in [0, 0.05) is 12.2 Å². The summed E-state index contributed by atoms with van der Waals surface area (Å²) in [6.07, 6.45) is 3.68. The summed E-state index contributed by atoms with van der Waals surface area (Å²) in [4.78, 5) is 2.23. The number of para-hydroxylation sites is 1. The van der Waals surface area contributed by atoms with Crippen LogP contribution < -0.4 is 4.90 Å². The van der Waals surface area contributed by atoms with Crippen LogP contribution in [0.5, 0.6) is 0 Å². The molecule has 0 N–H and O–H groups in total. The molecule has 3 atom stereocenters. The SMILES string of the molecule is O=S1OC2CCCCC2(N(Cc2ccccc2)c2ccccc2)O1. The van der Waals surface area contributed by atoms with Gasteiger partial charge in [0.25, 0.3) is 0 Å². The zero-order valence-electron chi connectivity index (χ0n) is 13.5. The lowest BCUT2D eigenvalue weighted by Gasteiger charge is -2.45. The average Bonchev–Trinajstić information content (AvgIpc) is 2.98. The first-order valence-electron chi connectivity index (χ1n) is 8.43. The van der Waals surface area contributed by atoms with E-state index in [1.807, 2.05) is 36.4 Å². The summed E-state index contributed by atoms with van der Waals surface area (Å²) < 4.78 is 23.6. The van der Waals surface area contributed by atoms with Crippen LogP contribution in [-0.2, 0) is 26.3 Å². The molecule has 0 aromatic heterocycles. The number of rotatable bonds is 4. The van der Waals surface area contributed by atoms with Gasteiger partial charge >= 0.3 is 11.4 Å². The van der Waals surface area contributed by atoms with E-state index in [9.17, 15) is 4.21 Å². The second-order valence-corrected chi connectivity index (χ2v) is 7.14. The lowest BCUT2D eigenvalue weighted by molar-refractivity contribution is -0.00182. The minimum Gasteiger partial charge on any atom is -0.336 e. The molecule has 1 saturated carbocycles. The van der Waals surface area contributed by atoms with E-state index >= 15 is 0 Å².